The number of alkyl halides is 6. The number of anilines is 2. The lowest BCUT2D eigenvalue weighted by atomic mass is 10.1. The largest absolute Gasteiger partial charge is 0.423 e. The van der Waals surface area contributed by atoms with Crippen molar-refractivity contribution in [3.8, 4) is 0 Å². The van der Waals surface area contributed by atoms with Crippen molar-refractivity contribution >= 4 is 39.7 Å². The van der Waals surface area contributed by atoms with E-state index in [4.69, 9.17) is 16.6 Å². The summed E-state index contributed by atoms with van der Waals surface area (Å²) in [7, 11) is 0. The molecule has 1 aromatic heterocycles. The first-order valence-corrected chi connectivity index (χ1v) is 8.25. The minimum absolute atomic E-state index is 0.0593. The molecule has 0 atom stereocenters. The van der Waals surface area contributed by atoms with Crippen molar-refractivity contribution < 1.29 is 30.8 Å². The first-order valence-electron chi connectivity index (χ1n) is 7.84. The zero-order valence-corrected chi connectivity index (χ0v) is 14.9. The second kappa shape index (κ2) is 7.39. The van der Waals surface area contributed by atoms with Crippen molar-refractivity contribution in [3.05, 3.63) is 70.1 Å². The molecule has 0 fully saturated rings. The quantitative estimate of drug-likeness (QED) is 0.312. The Hall–Kier alpha value is -3.08. The maximum Gasteiger partial charge on any atom is 0.417 e. The van der Waals surface area contributed by atoms with Gasteiger partial charge in [-0.1, -0.05) is 6.07 Å². The summed E-state index contributed by atoms with van der Waals surface area (Å²) in [6.45, 7) is 0. The lowest BCUT2D eigenvalue weighted by molar-refractivity contribution is -0.138. The molecule has 29 heavy (non-hydrogen) atoms. The van der Waals surface area contributed by atoms with Gasteiger partial charge < -0.3 is 15.1 Å². The lowest BCUT2D eigenvalue weighted by Crippen LogP contribution is -2.19. The Balaban J connectivity index is 1.84. The van der Waals surface area contributed by atoms with E-state index in [9.17, 15) is 31.1 Å². The van der Waals surface area contributed by atoms with Crippen LogP contribution in [0.4, 0.5) is 37.7 Å². The molecule has 0 saturated carbocycles. The molecule has 0 radical (unpaired) electrons. The SMILES string of the molecule is O=c1cc(C(F)(F)F)c2ccc(NC(=S)Nc3cccc(C(F)(F)F)c3)cc2o1. The predicted molar refractivity (Wildman–Crippen MR) is 98.8 cm³/mol. The van der Waals surface area contributed by atoms with Gasteiger partial charge in [0.05, 0.1) is 11.1 Å². The maximum absolute atomic E-state index is 13.1. The molecule has 0 amide bonds. The first-order chi connectivity index (χ1) is 13.4. The van der Waals surface area contributed by atoms with Crippen LogP contribution in [-0.2, 0) is 12.4 Å². The van der Waals surface area contributed by atoms with Gasteiger partial charge in [-0.05, 0) is 42.5 Å². The van der Waals surface area contributed by atoms with E-state index in [2.05, 4.69) is 10.6 Å². The van der Waals surface area contributed by atoms with Crippen LogP contribution in [0.3, 0.4) is 0 Å². The van der Waals surface area contributed by atoms with Crippen LogP contribution in [0.15, 0.2) is 57.7 Å². The molecule has 1 heterocycles. The number of halogens is 6. The lowest BCUT2D eigenvalue weighted by Gasteiger charge is -2.14. The van der Waals surface area contributed by atoms with Gasteiger partial charge >= 0.3 is 18.0 Å². The third-order valence-electron chi connectivity index (χ3n) is 3.76. The van der Waals surface area contributed by atoms with E-state index in [0.29, 0.717) is 6.07 Å². The molecule has 0 bridgehead atoms. The van der Waals surface area contributed by atoms with Crippen LogP contribution in [0.25, 0.3) is 11.0 Å². The van der Waals surface area contributed by atoms with Crippen LogP contribution in [0.1, 0.15) is 11.1 Å². The van der Waals surface area contributed by atoms with Crippen LogP contribution in [0.5, 0.6) is 0 Å². The second-order valence-electron chi connectivity index (χ2n) is 5.85. The van der Waals surface area contributed by atoms with E-state index in [0.717, 1.165) is 24.3 Å². The summed E-state index contributed by atoms with van der Waals surface area (Å²) >= 11 is 5.01. The third-order valence-corrected chi connectivity index (χ3v) is 3.96. The van der Waals surface area contributed by atoms with E-state index in [-0.39, 0.29) is 27.5 Å². The molecule has 0 saturated heterocycles. The van der Waals surface area contributed by atoms with Crippen molar-refractivity contribution in [2.24, 2.45) is 0 Å². The Morgan fingerprint density at radius 3 is 2.14 bits per heavy atom. The van der Waals surface area contributed by atoms with Crippen LogP contribution in [0.2, 0.25) is 0 Å². The van der Waals surface area contributed by atoms with Crippen molar-refractivity contribution in [2.75, 3.05) is 10.6 Å². The number of thiocarbonyl (C=S) groups is 1. The topological polar surface area (TPSA) is 54.3 Å². The summed E-state index contributed by atoms with van der Waals surface area (Å²) in [5.74, 6) is 0. The minimum atomic E-state index is -4.75. The van der Waals surface area contributed by atoms with Gasteiger partial charge in [-0.25, -0.2) is 4.79 Å². The smallest absolute Gasteiger partial charge is 0.417 e. The molecular formula is C18H10F6N2O2S. The molecule has 0 aliphatic rings. The third kappa shape index (κ3) is 4.86. The van der Waals surface area contributed by atoms with Gasteiger partial charge in [-0.3, -0.25) is 0 Å². The van der Waals surface area contributed by atoms with Crippen molar-refractivity contribution in [1.82, 2.24) is 0 Å². The monoisotopic (exact) mass is 432 g/mol. The number of benzene rings is 2. The molecule has 4 nitrogen and oxygen atoms in total. The Kier molecular flexibility index (Phi) is 5.26. The average molecular weight is 432 g/mol. The molecule has 0 unspecified atom stereocenters. The highest BCUT2D eigenvalue weighted by molar-refractivity contribution is 7.80. The van der Waals surface area contributed by atoms with Crippen molar-refractivity contribution in [2.45, 2.75) is 12.4 Å². The highest BCUT2D eigenvalue weighted by atomic mass is 32.1. The number of hydrogen-bond donors (Lipinski definition) is 2. The van der Waals surface area contributed by atoms with Gasteiger partial charge in [0.1, 0.15) is 5.58 Å². The van der Waals surface area contributed by atoms with Crippen LogP contribution in [-0.4, -0.2) is 5.11 Å². The average Bonchev–Trinajstić information content (AvgIpc) is 2.59. The molecule has 11 heteroatoms. The van der Waals surface area contributed by atoms with Crippen molar-refractivity contribution in [1.29, 1.82) is 0 Å². The van der Waals surface area contributed by atoms with Gasteiger partial charge in [-0.15, -0.1) is 0 Å². The van der Waals surface area contributed by atoms with Gasteiger partial charge in [0.15, 0.2) is 5.11 Å². The normalized spacial score (nSPS) is 12.1. The molecule has 2 N–H and O–H groups in total. The molecule has 3 rings (SSSR count). The summed E-state index contributed by atoms with van der Waals surface area (Å²) in [5.41, 5.74) is -3.28. The van der Waals surface area contributed by atoms with E-state index in [1.807, 2.05) is 0 Å². The van der Waals surface area contributed by atoms with Crippen molar-refractivity contribution in [3.63, 3.8) is 0 Å². The minimum Gasteiger partial charge on any atom is -0.423 e. The Morgan fingerprint density at radius 2 is 1.52 bits per heavy atom. The van der Waals surface area contributed by atoms with E-state index < -0.39 is 29.1 Å². The molecular weight excluding hydrogens is 422 g/mol. The number of nitrogens with one attached hydrogen (secondary N) is 2. The maximum atomic E-state index is 13.1. The van der Waals surface area contributed by atoms with E-state index >= 15 is 0 Å². The van der Waals surface area contributed by atoms with Crippen LogP contribution < -0.4 is 16.3 Å². The highest BCUT2D eigenvalue weighted by Gasteiger charge is 2.34. The summed E-state index contributed by atoms with van der Waals surface area (Å²) in [4.78, 5) is 11.4. The molecule has 0 aliphatic carbocycles. The summed E-state index contributed by atoms with van der Waals surface area (Å²) < 4.78 is 82.3. The standard InChI is InChI=1S/C18H10F6N2O2S/c19-17(20,21)9-2-1-3-10(6-9)25-16(29)26-11-4-5-12-13(18(22,23)24)8-15(27)28-14(12)7-11/h1-8H,(H2,25,26,29). The molecule has 3 aromatic rings. The first kappa shape index (κ1) is 20.6. The summed E-state index contributed by atoms with van der Waals surface area (Å²) in [6, 6.07) is 8.14. The van der Waals surface area contributed by atoms with Gasteiger partial charge in [-0.2, -0.15) is 26.3 Å². The van der Waals surface area contributed by atoms with E-state index in [1.165, 1.54) is 18.2 Å². The molecule has 2 aromatic carbocycles. The van der Waals surface area contributed by atoms with Crippen LogP contribution >= 0.6 is 12.2 Å². The summed E-state index contributed by atoms with van der Waals surface area (Å²) in [5, 5.41) is 4.73. The highest BCUT2D eigenvalue weighted by Crippen LogP contribution is 2.34. The Bertz CT molecular complexity index is 1140. The van der Waals surface area contributed by atoms with Gasteiger partial charge in [0.25, 0.3) is 0 Å². The zero-order chi connectivity index (χ0) is 21.4. The predicted octanol–water partition coefficient (Wildman–Crippen LogP) is 5.64. The van der Waals surface area contributed by atoms with Gasteiger partial charge in [0.2, 0.25) is 0 Å². The van der Waals surface area contributed by atoms with Crippen LogP contribution in [0, 0.1) is 0 Å². The fourth-order valence-corrected chi connectivity index (χ4v) is 2.78. The number of fused-ring (bicyclic) bond motifs is 1. The zero-order valence-electron chi connectivity index (χ0n) is 14.1. The fraction of sp³-hybridized carbons (Fsp3) is 0.111. The molecule has 152 valence electrons. The van der Waals surface area contributed by atoms with E-state index in [1.54, 1.807) is 0 Å². The molecule has 0 aliphatic heterocycles. The summed E-state index contributed by atoms with van der Waals surface area (Å²) in [6.07, 6.45) is -9.28. The number of hydrogen-bond acceptors (Lipinski definition) is 3. The fourth-order valence-electron chi connectivity index (χ4n) is 2.54. The second-order valence-corrected chi connectivity index (χ2v) is 6.25. The van der Waals surface area contributed by atoms with Gasteiger partial charge in [0, 0.05) is 28.9 Å². The Labute approximate surface area is 164 Å². The molecule has 0 spiro atoms. The Morgan fingerprint density at radius 1 is 0.862 bits per heavy atom. The number of rotatable bonds is 2.